The third-order valence-corrected chi connectivity index (χ3v) is 6.46. The van der Waals surface area contributed by atoms with E-state index in [0.717, 1.165) is 0 Å². The molecule has 1 aromatic rings. The van der Waals surface area contributed by atoms with Crippen molar-refractivity contribution >= 4 is 35.0 Å². The van der Waals surface area contributed by atoms with Crippen LogP contribution in [0.2, 0.25) is 0 Å². The van der Waals surface area contributed by atoms with Crippen LogP contribution in [0.15, 0.2) is 29.0 Å². The molecule has 0 aliphatic heterocycles. The molecule has 34 heavy (non-hydrogen) atoms. The Balaban J connectivity index is 1.80. The maximum Gasteiger partial charge on any atom is 0.412 e. The number of Topliss-reactive ketones (excluding diaryl/α,β-unsaturated/α-hetero) is 2. The number of benzene rings is 1. The van der Waals surface area contributed by atoms with Gasteiger partial charge in [0, 0.05) is 17.9 Å². The number of carbonyl (C=O) groups excluding carboxylic acids is 4. The van der Waals surface area contributed by atoms with E-state index in [2.05, 4.69) is 16.0 Å². The number of nitrogens with one attached hydrogen (secondary N) is 1. The molecule has 0 radical (unpaired) electrons. The quantitative estimate of drug-likeness (QED) is 0.209. The van der Waals surface area contributed by atoms with Crippen molar-refractivity contribution < 1.29 is 44.3 Å². The molecule has 1 saturated carbocycles. The maximum absolute atomic E-state index is 13.4. The van der Waals surface area contributed by atoms with Gasteiger partial charge < -0.3 is 30.9 Å². The number of rotatable bonds is 3. The van der Waals surface area contributed by atoms with Gasteiger partial charge in [0.25, 0.3) is 5.91 Å². The number of ether oxygens (including phenoxy) is 1. The summed E-state index contributed by atoms with van der Waals surface area (Å²) in [6.45, 7) is -0.310. The topological polar surface area (TPSA) is 196 Å². The van der Waals surface area contributed by atoms with Crippen molar-refractivity contribution in [3.8, 4) is 18.1 Å². The summed E-state index contributed by atoms with van der Waals surface area (Å²) < 4.78 is 4.69. The summed E-state index contributed by atoms with van der Waals surface area (Å²) in [6.07, 6.45) is 3.86. The normalized spacial score (nSPS) is 25.6. The van der Waals surface area contributed by atoms with E-state index >= 15 is 0 Å². The molecular weight excluding hydrogens is 448 g/mol. The number of ketones is 2. The fourth-order valence-electron chi connectivity index (χ4n) is 4.95. The average molecular weight is 468 g/mol. The smallest absolute Gasteiger partial charge is 0.412 e. The molecule has 0 unspecified atom stereocenters. The van der Waals surface area contributed by atoms with E-state index in [9.17, 15) is 39.6 Å². The highest BCUT2D eigenvalue weighted by molar-refractivity contribution is 6.22. The number of anilines is 1. The van der Waals surface area contributed by atoms with Crippen LogP contribution >= 0.6 is 0 Å². The van der Waals surface area contributed by atoms with E-state index in [1.165, 1.54) is 12.1 Å². The van der Waals surface area contributed by atoms with Crippen molar-refractivity contribution in [1.82, 2.24) is 0 Å². The number of phenolic OH excluding ortho intramolecular Hbond substituents is 1. The maximum atomic E-state index is 13.4. The number of amides is 2. The lowest BCUT2D eigenvalue weighted by atomic mass is 9.59. The zero-order valence-electron chi connectivity index (χ0n) is 17.6. The second-order valence-electron chi connectivity index (χ2n) is 8.31. The molecule has 176 valence electrons. The summed E-state index contributed by atoms with van der Waals surface area (Å²) in [6, 6.07) is 2.90. The number of aliphatic hydroxyl groups excluding tert-OH is 2. The Hall–Kier alpha value is -4.30. The fraction of sp³-hybridized carbons (Fsp3) is 0.304. The minimum Gasteiger partial charge on any atom is -0.508 e. The van der Waals surface area contributed by atoms with Crippen LogP contribution in [-0.2, 0) is 25.5 Å². The summed E-state index contributed by atoms with van der Waals surface area (Å²) in [5.74, 6) is -5.12. The van der Waals surface area contributed by atoms with E-state index < -0.39 is 70.3 Å². The molecule has 1 aromatic carbocycles. The van der Waals surface area contributed by atoms with Gasteiger partial charge >= 0.3 is 6.09 Å². The number of fused-ring (bicyclic) bond motifs is 3. The van der Waals surface area contributed by atoms with Crippen molar-refractivity contribution in [2.75, 3.05) is 11.9 Å². The standard InChI is InChI=1S/C23H20N2O9/c1-2-5-34-22(32)25-12-4-3-9-6-10-7-11-8-13(26)16(21(24)31)20(30)23(11,33)19(29)15(10)18(28)14(9)17(12)27/h1,3-4,10-11,27-28,30,33H,5-8H2,(H2,24,31)(H,25,32)/t10-,11-,23-/m0/s1. The number of aromatic hydroxyl groups is 1. The van der Waals surface area contributed by atoms with Gasteiger partial charge in [0.15, 0.2) is 18.0 Å². The first kappa shape index (κ1) is 22.9. The summed E-state index contributed by atoms with van der Waals surface area (Å²) in [5, 5.41) is 45.7. The largest absolute Gasteiger partial charge is 0.508 e. The molecule has 0 aromatic heterocycles. The summed E-state index contributed by atoms with van der Waals surface area (Å²) >= 11 is 0. The second-order valence-corrected chi connectivity index (χ2v) is 8.31. The van der Waals surface area contributed by atoms with Crippen molar-refractivity contribution in [2.45, 2.75) is 24.9 Å². The highest BCUT2D eigenvalue weighted by Crippen LogP contribution is 2.52. The molecule has 2 amide bonds. The minimum absolute atomic E-state index is 0.0299. The molecule has 3 aliphatic rings. The Kier molecular flexibility index (Phi) is 5.34. The van der Waals surface area contributed by atoms with Gasteiger partial charge in [-0.2, -0.15) is 0 Å². The number of phenols is 1. The number of terminal acetylenes is 1. The third kappa shape index (κ3) is 3.19. The Labute approximate surface area is 192 Å². The summed E-state index contributed by atoms with van der Waals surface area (Å²) in [7, 11) is 0. The first-order chi connectivity index (χ1) is 16.0. The van der Waals surface area contributed by atoms with E-state index in [0.29, 0.717) is 5.56 Å². The molecule has 3 atom stereocenters. The first-order valence-corrected chi connectivity index (χ1v) is 10.2. The van der Waals surface area contributed by atoms with Crippen molar-refractivity contribution in [2.24, 2.45) is 17.6 Å². The van der Waals surface area contributed by atoms with Gasteiger partial charge in [0.1, 0.15) is 22.8 Å². The van der Waals surface area contributed by atoms with E-state index in [1.807, 2.05) is 0 Å². The first-order valence-electron chi connectivity index (χ1n) is 10.2. The summed E-state index contributed by atoms with van der Waals surface area (Å²) in [5.41, 5.74) is 1.54. The van der Waals surface area contributed by atoms with E-state index in [1.54, 1.807) is 0 Å². The van der Waals surface area contributed by atoms with E-state index in [4.69, 9.17) is 12.2 Å². The molecule has 3 aliphatic carbocycles. The lowest BCUT2D eigenvalue weighted by molar-refractivity contribution is -0.147. The van der Waals surface area contributed by atoms with Crippen LogP contribution in [-0.4, -0.2) is 56.2 Å². The Morgan fingerprint density at radius 2 is 1.94 bits per heavy atom. The SMILES string of the molecule is C#CCOC(=O)Nc1ccc2c(c1O)C(O)=C1C(=O)[C@]3(O)C(O)=C(C(N)=O)C(=O)C[C@@H]3C[C@@H]1C2. The molecule has 7 N–H and O–H groups in total. The zero-order valence-corrected chi connectivity index (χ0v) is 17.6. The van der Waals surface area contributed by atoms with Crippen LogP contribution < -0.4 is 11.1 Å². The minimum atomic E-state index is -2.64. The lowest BCUT2D eigenvalue weighted by Crippen LogP contribution is -2.58. The van der Waals surface area contributed by atoms with Crippen LogP contribution in [0, 0.1) is 24.2 Å². The molecule has 0 spiro atoms. The van der Waals surface area contributed by atoms with E-state index in [-0.39, 0.29) is 36.3 Å². The summed E-state index contributed by atoms with van der Waals surface area (Å²) in [4.78, 5) is 49.2. The lowest BCUT2D eigenvalue weighted by Gasteiger charge is -2.46. The monoisotopic (exact) mass is 468 g/mol. The van der Waals surface area contributed by atoms with Gasteiger partial charge in [-0.25, -0.2) is 4.79 Å². The van der Waals surface area contributed by atoms with Gasteiger partial charge in [0.05, 0.1) is 11.3 Å². The van der Waals surface area contributed by atoms with Crippen LogP contribution in [0.25, 0.3) is 5.76 Å². The van der Waals surface area contributed by atoms with Gasteiger partial charge in [-0.05, 0) is 30.4 Å². The van der Waals surface area contributed by atoms with Gasteiger partial charge in [-0.1, -0.05) is 12.0 Å². The number of nitrogens with two attached hydrogens (primary N) is 1. The molecular formula is C23H20N2O9. The number of hydrogen-bond donors (Lipinski definition) is 6. The number of aliphatic hydroxyl groups is 3. The van der Waals surface area contributed by atoms with Gasteiger partial charge in [-0.3, -0.25) is 19.7 Å². The van der Waals surface area contributed by atoms with Crippen LogP contribution in [0.4, 0.5) is 10.5 Å². The molecule has 11 nitrogen and oxygen atoms in total. The number of primary amides is 1. The molecule has 0 bridgehead atoms. The number of carbonyl (C=O) groups is 4. The number of hydrogen-bond acceptors (Lipinski definition) is 9. The highest BCUT2D eigenvalue weighted by atomic mass is 16.5. The van der Waals surface area contributed by atoms with Crippen LogP contribution in [0.3, 0.4) is 0 Å². The predicted octanol–water partition coefficient (Wildman–Crippen LogP) is 0.606. The van der Waals surface area contributed by atoms with Gasteiger partial charge in [-0.15, -0.1) is 6.42 Å². The van der Waals surface area contributed by atoms with Crippen molar-refractivity contribution in [1.29, 1.82) is 0 Å². The predicted molar refractivity (Wildman–Crippen MR) is 115 cm³/mol. The van der Waals surface area contributed by atoms with Crippen molar-refractivity contribution in [3.05, 3.63) is 40.2 Å². The fourth-order valence-corrected chi connectivity index (χ4v) is 4.95. The average Bonchev–Trinajstić information content (AvgIpc) is 2.76. The van der Waals surface area contributed by atoms with Crippen LogP contribution in [0.1, 0.15) is 24.0 Å². The van der Waals surface area contributed by atoms with Gasteiger partial charge in [0.2, 0.25) is 5.78 Å². The highest BCUT2D eigenvalue weighted by Gasteiger charge is 2.60. The molecule has 11 heteroatoms. The van der Waals surface area contributed by atoms with Crippen LogP contribution in [0.5, 0.6) is 5.75 Å². The Morgan fingerprint density at radius 3 is 2.59 bits per heavy atom. The molecule has 0 saturated heterocycles. The van der Waals surface area contributed by atoms with Crippen molar-refractivity contribution in [3.63, 3.8) is 0 Å². The molecule has 1 fully saturated rings. The zero-order chi connectivity index (χ0) is 24.9. The molecule has 0 heterocycles. The molecule has 4 rings (SSSR count). The third-order valence-electron chi connectivity index (χ3n) is 6.46. The Bertz CT molecular complexity index is 1270. The second kappa shape index (κ2) is 7.93. The Morgan fingerprint density at radius 1 is 1.24 bits per heavy atom.